The maximum absolute atomic E-state index is 14.0. The van der Waals surface area contributed by atoms with Gasteiger partial charge in [0.15, 0.2) is 0 Å². The van der Waals surface area contributed by atoms with Crippen LogP contribution in [0.2, 0.25) is 0 Å². The minimum Gasteiger partial charge on any atom is -0.388 e. The van der Waals surface area contributed by atoms with Crippen LogP contribution >= 0.6 is 0 Å². The summed E-state index contributed by atoms with van der Waals surface area (Å²) in [6.45, 7) is 1.76. The first-order chi connectivity index (χ1) is 12.0. The first kappa shape index (κ1) is 18.0. The molecule has 1 unspecified atom stereocenters. The van der Waals surface area contributed by atoms with Gasteiger partial charge in [-0.05, 0) is 37.8 Å². The van der Waals surface area contributed by atoms with Crippen molar-refractivity contribution in [1.29, 1.82) is 0 Å². The Labute approximate surface area is 148 Å². The van der Waals surface area contributed by atoms with Gasteiger partial charge in [-0.25, -0.2) is 9.18 Å². The number of hydrogen-bond acceptors (Lipinski definition) is 3. The van der Waals surface area contributed by atoms with E-state index in [0.29, 0.717) is 18.8 Å². The van der Waals surface area contributed by atoms with Crippen LogP contribution < -0.4 is 10.2 Å². The number of amides is 2. The molecule has 1 aromatic carbocycles. The van der Waals surface area contributed by atoms with Gasteiger partial charge in [0, 0.05) is 26.2 Å². The van der Waals surface area contributed by atoms with E-state index < -0.39 is 5.60 Å². The molecule has 2 amide bonds. The number of nitrogens with zero attached hydrogens (tertiary/aromatic N) is 2. The molecule has 1 aromatic rings. The Morgan fingerprint density at radius 2 is 2.08 bits per heavy atom. The Hall–Kier alpha value is -1.82. The number of urea groups is 1. The number of para-hydroxylation sites is 1. The second kappa shape index (κ2) is 7.60. The Bertz CT molecular complexity index is 604. The highest BCUT2D eigenvalue weighted by atomic mass is 19.1. The summed E-state index contributed by atoms with van der Waals surface area (Å²) in [5.41, 5.74) is -0.146. The lowest BCUT2D eigenvalue weighted by Crippen LogP contribution is -2.53. The van der Waals surface area contributed by atoms with E-state index in [1.54, 1.807) is 24.1 Å². The van der Waals surface area contributed by atoms with Gasteiger partial charge in [-0.3, -0.25) is 0 Å². The van der Waals surface area contributed by atoms with E-state index in [1.807, 2.05) is 11.0 Å². The number of benzene rings is 1. The molecular weight excluding hydrogens is 321 g/mol. The zero-order valence-electron chi connectivity index (χ0n) is 14.9. The number of halogens is 1. The molecule has 25 heavy (non-hydrogen) atoms. The van der Waals surface area contributed by atoms with E-state index in [4.69, 9.17) is 0 Å². The number of aliphatic hydroxyl groups is 1. The summed E-state index contributed by atoms with van der Waals surface area (Å²) < 4.78 is 14.0. The molecular formula is C19H28FN3O2. The van der Waals surface area contributed by atoms with Crippen LogP contribution in [-0.4, -0.2) is 54.4 Å². The molecule has 1 aliphatic carbocycles. The quantitative estimate of drug-likeness (QED) is 0.879. The summed E-state index contributed by atoms with van der Waals surface area (Å²) in [4.78, 5) is 16.0. The summed E-state index contributed by atoms with van der Waals surface area (Å²) in [7, 11) is 1.73. The Morgan fingerprint density at radius 1 is 1.36 bits per heavy atom. The molecule has 138 valence electrons. The number of piperidine rings is 1. The molecule has 6 heteroatoms. The fourth-order valence-corrected chi connectivity index (χ4v) is 4.01. The highest BCUT2D eigenvalue weighted by molar-refractivity contribution is 5.74. The number of carbonyl (C=O) groups is 1. The van der Waals surface area contributed by atoms with Gasteiger partial charge in [0.2, 0.25) is 0 Å². The number of nitrogens with one attached hydrogen (secondary N) is 1. The summed E-state index contributed by atoms with van der Waals surface area (Å²) >= 11 is 0. The van der Waals surface area contributed by atoms with Crippen molar-refractivity contribution in [1.82, 2.24) is 10.2 Å². The Kier molecular flexibility index (Phi) is 5.47. The zero-order chi connectivity index (χ0) is 17.9. The summed E-state index contributed by atoms with van der Waals surface area (Å²) in [5, 5.41) is 13.5. The van der Waals surface area contributed by atoms with Crippen molar-refractivity contribution in [2.24, 2.45) is 0 Å². The largest absolute Gasteiger partial charge is 0.388 e. The third-order valence-corrected chi connectivity index (χ3v) is 5.35. The monoisotopic (exact) mass is 349 g/mol. The van der Waals surface area contributed by atoms with Crippen LogP contribution in [0.15, 0.2) is 24.3 Å². The van der Waals surface area contributed by atoms with Crippen LogP contribution in [0.25, 0.3) is 0 Å². The van der Waals surface area contributed by atoms with Crippen molar-refractivity contribution in [2.45, 2.75) is 50.2 Å². The lowest BCUT2D eigenvalue weighted by Gasteiger charge is -2.36. The number of anilines is 1. The number of likely N-dealkylation sites (N-methyl/N-ethyl adjacent to an activating group) is 1. The van der Waals surface area contributed by atoms with Crippen LogP contribution in [-0.2, 0) is 0 Å². The van der Waals surface area contributed by atoms with Gasteiger partial charge in [-0.15, -0.1) is 0 Å². The second-order valence-corrected chi connectivity index (χ2v) is 7.47. The highest BCUT2D eigenvalue weighted by Crippen LogP contribution is 2.30. The molecule has 3 rings (SSSR count). The molecule has 2 fully saturated rings. The van der Waals surface area contributed by atoms with Crippen LogP contribution in [0.1, 0.15) is 38.5 Å². The zero-order valence-corrected chi connectivity index (χ0v) is 14.9. The van der Waals surface area contributed by atoms with Gasteiger partial charge in [-0.2, -0.15) is 0 Å². The second-order valence-electron chi connectivity index (χ2n) is 7.47. The molecule has 1 saturated carbocycles. The minimum absolute atomic E-state index is 0.0125. The predicted octanol–water partition coefficient (Wildman–Crippen LogP) is 2.74. The fraction of sp³-hybridized carbons (Fsp3) is 0.632. The summed E-state index contributed by atoms with van der Waals surface area (Å²) in [6.07, 6.45) is 5.35. The van der Waals surface area contributed by atoms with E-state index in [0.717, 1.165) is 45.1 Å². The maximum atomic E-state index is 14.0. The molecule has 0 aromatic heterocycles. The van der Waals surface area contributed by atoms with Crippen LogP contribution in [0.4, 0.5) is 14.9 Å². The van der Waals surface area contributed by atoms with E-state index in [9.17, 15) is 14.3 Å². The van der Waals surface area contributed by atoms with Crippen LogP contribution in [0, 0.1) is 5.82 Å². The topological polar surface area (TPSA) is 55.8 Å². The van der Waals surface area contributed by atoms with Gasteiger partial charge < -0.3 is 20.2 Å². The van der Waals surface area contributed by atoms with Crippen LogP contribution in [0.5, 0.6) is 0 Å². The third kappa shape index (κ3) is 4.42. The lowest BCUT2D eigenvalue weighted by atomic mass is 10.0. The van der Waals surface area contributed by atoms with Gasteiger partial charge in [-0.1, -0.05) is 25.0 Å². The molecule has 1 heterocycles. The smallest absolute Gasteiger partial charge is 0.317 e. The van der Waals surface area contributed by atoms with E-state index in [1.165, 1.54) is 6.07 Å². The molecule has 2 aliphatic rings. The standard InChI is InChI=1S/C19H28FN3O2/c1-22(14-19(25)10-4-5-11-19)18(24)21-15-7-6-12-23(13-15)17-9-3-2-8-16(17)20/h2-3,8-9,15,25H,4-7,10-14H2,1H3,(H,21,24). The molecule has 0 bridgehead atoms. The van der Waals surface area contributed by atoms with Gasteiger partial charge in [0.05, 0.1) is 17.8 Å². The normalized spacial score (nSPS) is 22.7. The summed E-state index contributed by atoms with van der Waals surface area (Å²) in [6, 6.07) is 6.58. The molecule has 1 aliphatic heterocycles. The molecule has 2 N–H and O–H groups in total. The molecule has 5 nitrogen and oxygen atoms in total. The Balaban J connectivity index is 1.55. The molecule has 0 spiro atoms. The maximum Gasteiger partial charge on any atom is 0.317 e. The van der Waals surface area contributed by atoms with Crippen molar-refractivity contribution in [2.75, 3.05) is 31.6 Å². The number of carbonyl (C=O) groups excluding carboxylic acids is 1. The van der Waals surface area contributed by atoms with Crippen molar-refractivity contribution >= 4 is 11.7 Å². The highest BCUT2D eigenvalue weighted by Gasteiger charge is 2.34. The third-order valence-electron chi connectivity index (χ3n) is 5.35. The first-order valence-corrected chi connectivity index (χ1v) is 9.20. The fourth-order valence-electron chi connectivity index (χ4n) is 4.01. The van der Waals surface area contributed by atoms with E-state index in [2.05, 4.69) is 5.32 Å². The number of rotatable bonds is 4. The van der Waals surface area contributed by atoms with E-state index >= 15 is 0 Å². The Morgan fingerprint density at radius 3 is 2.80 bits per heavy atom. The molecule has 1 saturated heterocycles. The average Bonchev–Trinajstić information content (AvgIpc) is 3.01. The van der Waals surface area contributed by atoms with Crippen molar-refractivity contribution in [3.05, 3.63) is 30.1 Å². The van der Waals surface area contributed by atoms with Gasteiger partial charge in [0.1, 0.15) is 5.82 Å². The van der Waals surface area contributed by atoms with Crippen LogP contribution in [0.3, 0.4) is 0 Å². The minimum atomic E-state index is -0.738. The number of hydrogen-bond donors (Lipinski definition) is 2. The van der Waals surface area contributed by atoms with Gasteiger partial charge >= 0.3 is 6.03 Å². The molecule has 0 radical (unpaired) electrons. The lowest BCUT2D eigenvalue weighted by molar-refractivity contribution is 0.0244. The predicted molar refractivity (Wildman–Crippen MR) is 96.2 cm³/mol. The van der Waals surface area contributed by atoms with Crippen molar-refractivity contribution in [3.8, 4) is 0 Å². The van der Waals surface area contributed by atoms with E-state index in [-0.39, 0.29) is 17.9 Å². The SMILES string of the molecule is CN(CC1(O)CCCC1)C(=O)NC1CCCN(c2ccccc2F)C1. The van der Waals surface area contributed by atoms with Crippen molar-refractivity contribution < 1.29 is 14.3 Å². The summed E-state index contributed by atoms with van der Waals surface area (Å²) in [5.74, 6) is -0.227. The van der Waals surface area contributed by atoms with Gasteiger partial charge in [0.25, 0.3) is 0 Å². The average molecular weight is 349 g/mol. The first-order valence-electron chi connectivity index (χ1n) is 9.20. The molecule has 1 atom stereocenters. The van der Waals surface area contributed by atoms with Crippen molar-refractivity contribution in [3.63, 3.8) is 0 Å².